The fraction of sp³-hybridized carbons (Fsp3) is 0.750. The fourth-order valence-electron chi connectivity index (χ4n) is 2.50. The van der Waals surface area contributed by atoms with Gasteiger partial charge in [-0.1, -0.05) is 6.92 Å². The van der Waals surface area contributed by atoms with Gasteiger partial charge in [0.1, 0.15) is 0 Å². The maximum Gasteiger partial charge on any atom is 0.0985 e. The molecule has 0 radical (unpaired) electrons. The van der Waals surface area contributed by atoms with Gasteiger partial charge in [-0.05, 0) is 44.5 Å². The van der Waals surface area contributed by atoms with Crippen molar-refractivity contribution in [2.75, 3.05) is 19.6 Å². The average Bonchev–Trinajstić information content (AvgIpc) is 2.75. The van der Waals surface area contributed by atoms with Crippen LogP contribution in [0.3, 0.4) is 0 Å². The standard InChI is InChI=1S/C12H21N3O/c1-3-15-8-5-10(6-9-15)12(16)11-4-7-13-14(11)2/h4,7,10,12,16H,3,5-6,8-9H2,1-2H3. The second-order valence-corrected chi connectivity index (χ2v) is 4.60. The molecule has 0 spiro atoms. The summed E-state index contributed by atoms with van der Waals surface area (Å²) in [6.45, 7) is 5.53. The number of nitrogens with zero attached hydrogens (tertiary/aromatic N) is 3. The molecule has 1 unspecified atom stereocenters. The molecule has 0 aromatic carbocycles. The topological polar surface area (TPSA) is 41.3 Å². The van der Waals surface area contributed by atoms with Crippen LogP contribution in [0, 0.1) is 5.92 Å². The first-order chi connectivity index (χ1) is 7.72. The number of aromatic nitrogens is 2. The van der Waals surface area contributed by atoms with E-state index >= 15 is 0 Å². The summed E-state index contributed by atoms with van der Waals surface area (Å²) in [5, 5.41) is 14.4. The molecule has 1 saturated heterocycles. The Morgan fingerprint density at radius 2 is 2.19 bits per heavy atom. The summed E-state index contributed by atoms with van der Waals surface area (Å²) in [5.41, 5.74) is 0.940. The molecule has 2 rings (SSSR count). The molecule has 90 valence electrons. The van der Waals surface area contributed by atoms with Crippen molar-refractivity contribution in [1.29, 1.82) is 0 Å². The molecule has 4 heteroatoms. The Morgan fingerprint density at radius 1 is 1.50 bits per heavy atom. The van der Waals surface area contributed by atoms with E-state index in [0.29, 0.717) is 5.92 Å². The van der Waals surface area contributed by atoms with Crippen LogP contribution in [-0.2, 0) is 7.05 Å². The van der Waals surface area contributed by atoms with E-state index in [-0.39, 0.29) is 6.10 Å². The first-order valence-electron chi connectivity index (χ1n) is 6.10. The summed E-state index contributed by atoms with van der Waals surface area (Å²) in [5.74, 6) is 0.387. The number of piperidine rings is 1. The Morgan fingerprint density at radius 3 is 2.69 bits per heavy atom. The van der Waals surface area contributed by atoms with E-state index in [1.165, 1.54) is 0 Å². The minimum Gasteiger partial charge on any atom is -0.387 e. The van der Waals surface area contributed by atoms with Crippen LogP contribution in [0.1, 0.15) is 31.6 Å². The SMILES string of the molecule is CCN1CCC(C(O)c2ccnn2C)CC1. The van der Waals surface area contributed by atoms with Crippen molar-refractivity contribution in [2.45, 2.75) is 25.9 Å². The van der Waals surface area contributed by atoms with Crippen LogP contribution < -0.4 is 0 Å². The average molecular weight is 223 g/mol. The van der Waals surface area contributed by atoms with Crippen LogP contribution in [0.5, 0.6) is 0 Å². The maximum atomic E-state index is 10.3. The maximum absolute atomic E-state index is 10.3. The van der Waals surface area contributed by atoms with Gasteiger partial charge >= 0.3 is 0 Å². The summed E-state index contributed by atoms with van der Waals surface area (Å²) in [6, 6.07) is 1.91. The molecule has 4 nitrogen and oxygen atoms in total. The highest BCUT2D eigenvalue weighted by molar-refractivity contribution is 5.05. The molecule has 0 bridgehead atoms. The zero-order valence-electron chi connectivity index (χ0n) is 10.1. The van der Waals surface area contributed by atoms with Crippen LogP contribution in [0.2, 0.25) is 0 Å². The molecule has 0 saturated carbocycles. The van der Waals surface area contributed by atoms with E-state index < -0.39 is 0 Å². The normalized spacial score (nSPS) is 21.2. The van der Waals surface area contributed by atoms with Crippen molar-refractivity contribution in [3.05, 3.63) is 18.0 Å². The Bertz CT molecular complexity index is 329. The number of aliphatic hydroxyl groups is 1. The van der Waals surface area contributed by atoms with Gasteiger partial charge in [-0.3, -0.25) is 4.68 Å². The number of hydrogen-bond donors (Lipinski definition) is 1. The van der Waals surface area contributed by atoms with Crippen molar-refractivity contribution in [1.82, 2.24) is 14.7 Å². The molecule has 1 aliphatic rings. The first kappa shape index (κ1) is 11.6. The lowest BCUT2D eigenvalue weighted by atomic mass is 9.89. The number of aliphatic hydroxyl groups excluding tert-OH is 1. The molecule has 1 aliphatic heterocycles. The first-order valence-corrected chi connectivity index (χ1v) is 6.10. The molecule has 1 aromatic rings. The van der Waals surface area contributed by atoms with E-state index in [0.717, 1.165) is 38.2 Å². The lowest BCUT2D eigenvalue weighted by Crippen LogP contribution is -2.35. The van der Waals surface area contributed by atoms with E-state index in [2.05, 4.69) is 16.9 Å². The zero-order chi connectivity index (χ0) is 11.5. The molecule has 1 aromatic heterocycles. The third kappa shape index (κ3) is 2.28. The third-order valence-electron chi connectivity index (χ3n) is 3.69. The Kier molecular flexibility index (Phi) is 3.61. The van der Waals surface area contributed by atoms with E-state index in [4.69, 9.17) is 0 Å². The summed E-state index contributed by atoms with van der Waals surface area (Å²) >= 11 is 0. The number of hydrogen-bond acceptors (Lipinski definition) is 3. The molecule has 1 atom stereocenters. The Hall–Kier alpha value is -0.870. The highest BCUT2D eigenvalue weighted by Gasteiger charge is 2.27. The molecule has 0 amide bonds. The van der Waals surface area contributed by atoms with Crippen molar-refractivity contribution >= 4 is 0 Å². The summed E-state index contributed by atoms with van der Waals surface area (Å²) in [6.07, 6.45) is 3.56. The lowest BCUT2D eigenvalue weighted by molar-refractivity contribution is 0.0549. The number of rotatable bonds is 3. The van der Waals surface area contributed by atoms with E-state index in [1.807, 2.05) is 13.1 Å². The molecular weight excluding hydrogens is 202 g/mol. The van der Waals surface area contributed by atoms with Crippen molar-refractivity contribution in [2.24, 2.45) is 13.0 Å². The fourth-order valence-corrected chi connectivity index (χ4v) is 2.50. The summed E-state index contributed by atoms with van der Waals surface area (Å²) in [7, 11) is 1.89. The van der Waals surface area contributed by atoms with Crippen molar-refractivity contribution in [3.8, 4) is 0 Å². The minimum absolute atomic E-state index is 0.355. The Labute approximate surface area is 96.9 Å². The van der Waals surface area contributed by atoms with Crippen LogP contribution >= 0.6 is 0 Å². The van der Waals surface area contributed by atoms with Crippen LogP contribution in [0.15, 0.2) is 12.3 Å². The molecule has 1 fully saturated rings. The highest BCUT2D eigenvalue weighted by Crippen LogP contribution is 2.30. The van der Waals surface area contributed by atoms with Gasteiger partial charge in [-0.15, -0.1) is 0 Å². The predicted octanol–water partition coefficient (Wildman–Crippen LogP) is 1.19. The van der Waals surface area contributed by atoms with Gasteiger partial charge < -0.3 is 10.0 Å². The van der Waals surface area contributed by atoms with Gasteiger partial charge in [-0.2, -0.15) is 5.10 Å². The molecule has 1 N–H and O–H groups in total. The lowest BCUT2D eigenvalue weighted by Gasteiger charge is -2.33. The molecule has 2 heterocycles. The minimum atomic E-state index is -0.355. The van der Waals surface area contributed by atoms with E-state index in [9.17, 15) is 5.11 Å². The molecule has 0 aliphatic carbocycles. The van der Waals surface area contributed by atoms with Crippen molar-refractivity contribution < 1.29 is 5.11 Å². The third-order valence-corrected chi connectivity index (χ3v) is 3.69. The number of likely N-dealkylation sites (tertiary alicyclic amines) is 1. The monoisotopic (exact) mass is 223 g/mol. The predicted molar refractivity (Wildman–Crippen MR) is 63.0 cm³/mol. The second-order valence-electron chi connectivity index (χ2n) is 4.60. The van der Waals surface area contributed by atoms with Gasteiger partial charge in [0.05, 0.1) is 11.8 Å². The van der Waals surface area contributed by atoms with Gasteiger partial charge in [0, 0.05) is 13.2 Å². The largest absolute Gasteiger partial charge is 0.387 e. The number of aryl methyl sites for hydroxylation is 1. The van der Waals surface area contributed by atoms with Crippen LogP contribution in [0.4, 0.5) is 0 Å². The zero-order valence-corrected chi connectivity index (χ0v) is 10.1. The molecular formula is C12H21N3O. The smallest absolute Gasteiger partial charge is 0.0985 e. The van der Waals surface area contributed by atoms with Crippen LogP contribution in [-0.4, -0.2) is 39.4 Å². The van der Waals surface area contributed by atoms with Crippen molar-refractivity contribution in [3.63, 3.8) is 0 Å². The quantitative estimate of drug-likeness (QED) is 0.836. The molecule has 16 heavy (non-hydrogen) atoms. The second kappa shape index (κ2) is 4.97. The Balaban J connectivity index is 1.97. The van der Waals surface area contributed by atoms with Gasteiger partial charge in [0.2, 0.25) is 0 Å². The highest BCUT2D eigenvalue weighted by atomic mass is 16.3. The summed E-state index contributed by atoms with van der Waals surface area (Å²) < 4.78 is 1.77. The van der Waals surface area contributed by atoms with Crippen LogP contribution in [0.25, 0.3) is 0 Å². The van der Waals surface area contributed by atoms with Gasteiger partial charge in [-0.25, -0.2) is 0 Å². The van der Waals surface area contributed by atoms with Gasteiger partial charge in [0.25, 0.3) is 0 Å². The van der Waals surface area contributed by atoms with Gasteiger partial charge in [0.15, 0.2) is 0 Å². The van der Waals surface area contributed by atoms with E-state index in [1.54, 1.807) is 10.9 Å². The summed E-state index contributed by atoms with van der Waals surface area (Å²) in [4.78, 5) is 2.44.